The maximum absolute atomic E-state index is 12.4. The van der Waals surface area contributed by atoms with Crippen LogP contribution < -0.4 is 0 Å². The summed E-state index contributed by atoms with van der Waals surface area (Å²) in [4.78, 5) is 13.1. The van der Waals surface area contributed by atoms with Crippen LogP contribution in [0.3, 0.4) is 0 Å². The SMILES string of the molecule is Cc1ccc(C(=O)c2snnc2C(C)(C)C)cc1. The number of benzene rings is 1. The molecule has 0 aliphatic heterocycles. The highest BCUT2D eigenvalue weighted by molar-refractivity contribution is 7.08. The Labute approximate surface area is 111 Å². The molecule has 0 radical (unpaired) electrons. The molecule has 0 fully saturated rings. The van der Waals surface area contributed by atoms with Gasteiger partial charge in [-0.05, 0) is 18.5 Å². The first kappa shape index (κ1) is 12.9. The van der Waals surface area contributed by atoms with Crippen molar-refractivity contribution in [1.82, 2.24) is 9.59 Å². The van der Waals surface area contributed by atoms with Crippen molar-refractivity contribution in [2.24, 2.45) is 0 Å². The van der Waals surface area contributed by atoms with E-state index in [9.17, 15) is 4.79 Å². The molecule has 0 amide bonds. The highest BCUT2D eigenvalue weighted by atomic mass is 32.1. The third-order valence-electron chi connectivity index (χ3n) is 2.72. The van der Waals surface area contributed by atoms with Gasteiger partial charge in [0, 0.05) is 11.0 Å². The Morgan fingerprint density at radius 2 is 1.78 bits per heavy atom. The molecule has 1 aromatic carbocycles. The van der Waals surface area contributed by atoms with Gasteiger partial charge in [0.15, 0.2) is 0 Å². The Hall–Kier alpha value is -1.55. The predicted octanol–water partition coefficient (Wildman–Crippen LogP) is 3.38. The number of aryl methyl sites for hydroxylation is 1. The number of aromatic nitrogens is 2. The third-order valence-corrected chi connectivity index (χ3v) is 3.44. The molecule has 1 heterocycles. The number of hydrogen-bond donors (Lipinski definition) is 0. The van der Waals surface area contributed by atoms with Gasteiger partial charge in [-0.15, -0.1) is 5.10 Å². The van der Waals surface area contributed by atoms with Gasteiger partial charge in [-0.1, -0.05) is 55.1 Å². The van der Waals surface area contributed by atoms with Gasteiger partial charge >= 0.3 is 0 Å². The standard InChI is InChI=1S/C14H16N2OS/c1-9-5-7-10(8-6-9)11(17)12-13(14(2,3)4)15-16-18-12/h5-8H,1-4H3. The zero-order valence-corrected chi connectivity index (χ0v) is 11.8. The van der Waals surface area contributed by atoms with E-state index >= 15 is 0 Å². The molecular formula is C14H16N2OS. The molecule has 0 aliphatic rings. The minimum Gasteiger partial charge on any atom is -0.288 e. The van der Waals surface area contributed by atoms with E-state index in [-0.39, 0.29) is 11.2 Å². The van der Waals surface area contributed by atoms with Gasteiger partial charge in [0.25, 0.3) is 0 Å². The van der Waals surface area contributed by atoms with Crippen LogP contribution in [-0.4, -0.2) is 15.4 Å². The van der Waals surface area contributed by atoms with E-state index < -0.39 is 0 Å². The first-order chi connectivity index (χ1) is 8.39. The van der Waals surface area contributed by atoms with Crippen LogP contribution in [0.1, 0.15) is 47.3 Å². The summed E-state index contributed by atoms with van der Waals surface area (Å²) >= 11 is 1.17. The first-order valence-corrected chi connectivity index (χ1v) is 6.61. The summed E-state index contributed by atoms with van der Waals surface area (Å²) in [6.07, 6.45) is 0. The van der Waals surface area contributed by atoms with Crippen LogP contribution in [-0.2, 0) is 5.41 Å². The fourth-order valence-electron chi connectivity index (χ4n) is 1.67. The molecule has 0 saturated carbocycles. The zero-order chi connectivity index (χ0) is 13.3. The molecular weight excluding hydrogens is 244 g/mol. The number of rotatable bonds is 2. The van der Waals surface area contributed by atoms with Crippen LogP contribution >= 0.6 is 11.5 Å². The summed E-state index contributed by atoms with van der Waals surface area (Å²) in [7, 11) is 0. The van der Waals surface area contributed by atoms with Gasteiger partial charge < -0.3 is 0 Å². The van der Waals surface area contributed by atoms with Crippen molar-refractivity contribution in [3.63, 3.8) is 0 Å². The lowest BCUT2D eigenvalue weighted by molar-refractivity contribution is 0.104. The molecule has 2 aromatic rings. The van der Waals surface area contributed by atoms with E-state index in [1.165, 1.54) is 11.5 Å². The molecule has 94 valence electrons. The summed E-state index contributed by atoms with van der Waals surface area (Å²) in [6.45, 7) is 8.12. The summed E-state index contributed by atoms with van der Waals surface area (Å²) in [5.41, 5.74) is 2.45. The predicted molar refractivity (Wildman–Crippen MR) is 73.2 cm³/mol. The van der Waals surface area contributed by atoms with Crippen LogP contribution in [0.4, 0.5) is 0 Å². The van der Waals surface area contributed by atoms with Crippen molar-refractivity contribution in [3.05, 3.63) is 46.0 Å². The highest BCUT2D eigenvalue weighted by Gasteiger charge is 2.26. The van der Waals surface area contributed by atoms with Gasteiger partial charge in [-0.3, -0.25) is 4.79 Å². The Kier molecular flexibility index (Phi) is 3.30. The summed E-state index contributed by atoms with van der Waals surface area (Å²) in [6, 6.07) is 7.59. The topological polar surface area (TPSA) is 42.9 Å². The van der Waals surface area contributed by atoms with E-state index in [1.54, 1.807) is 0 Å². The Balaban J connectivity index is 2.41. The molecule has 3 nitrogen and oxygen atoms in total. The van der Waals surface area contributed by atoms with Gasteiger partial charge in [0.1, 0.15) is 4.88 Å². The summed E-state index contributed by atoms with van der Waals surface area (Å²) < 4.78 is 3.92. The van der Waals surface area contributed by atoms with Crippen molar-refractivity contribution < 1.29 is 4.79 Å². The van der Waals surface area contributed by atoms with E-state index in [1.807, 2.05) is 52.0 Å². The number of carbonyl (C=O) groups is 1. The van der Waals surface area contributed by atoms with Crippen LogP contribution in [0.5, 0.6) is 0 Å². The van der Waals surface area contributed by atoms with Crippen LogP contribution in [0.2, 0.25) is 0 Å². The average Bonchev–Trinajstić information content (AvgIpc) is 2.77. The summed E-state index contributed by atoms with van der Waals surface area (Å²) in [5, 5.41) is 4.10. The van der Waals surface area contributed by atoms with Crippen LogP contribution in [0.25, 0.3) is 0 Å². The molecule has 0 atom stereocenters. The second-order valence-corrected chi connectivity index (χ2v) is 6.15. The van der Waals surface area contributed by atoms with Crippen molar-refractivity contribution >= 4 is 17.3 Å². The fourth-order valence-corrected chi connectivity index (χ4v) is 2.50. The van der Waals surface area contributed by atoms with Gasteiger partial charge in [0.2, 0.25) is 5.78 Å². The van der Waals surface area contributed by atoms with Crippen molar-refractivity contribution in [2.75, 3.05) is 0 Å². The largest absolute Gasteiger partial charge is 0.288 e. The molecule has 0 spiro atoms. The maximum Gasteiger partial charge on any atom is 0.206 e. The average molecular weight is 260 g/mol. The molecule has 0 saturated heterocycles. The van der Waals surface area contributed by atoms with E-state index in [2.05, 4.69) is 9.59 Å². The molecule has 0 unspecified atom stereocenters. The third kappa shape index (κ3) is 2.48. The van der Waals surface area contributed by atoms with E-state index in [0.717, 1.165) is 11.3 Å². The molecule has 4 heteroatoms. The minimum absolute atomic E-state index is 0.00919. The molecule has 0 bridgehead atoms. The zero-order valence-electron chi connectivity index (χ0n) is 11.0. The molecule has 1 aromatic heterocycles. The Morgan fingerprint density at radius 3 is 2.33 bits per heavy atom. The first-order valence-electron chi connectivity index (χ1n) is 5.84. The number of hydrogen-bond acceptors (Lipinski definition) is 4. The number of carbonyl (C=O) groups excluding carboxylic acids is 1. The van der Waals surface area contributed by atoms with Crippen molar-refractivity contribution in [3.8, 4) is 0 Å². The van der Waals surface area contributed by atoms with Crippen molar-refractivity contribution in [2.45, 2.75) is 33.1 Å². The maximum atomic E-state index is 12.4. The molecule has 0 N–H and O–H groups in total. The fraction of sp³-hybridized carbons (Fsp3) is 0.357. The number of ketones is 1. The quantitative estimate of drug-likeness (QED) is 0.777. The van der Waals surface area contributed by atoms with Crippen molar-refractivity contribution in [1.29, 1.82) is 0 Å². The minimum atomic E-state index is -0.164. The summed E-state index contributed by atoms with van der Waals surface area (Å²) in [5.74, 6) is 0.00919. The number of nitrogens with zero attached hydrogens (tertiary/aromatic N) is 2. The van der Waals surface area contributed by atoms with Crippen LogP contribution in [0, 0.1) is 6.92 Å². The second kappa shape index (κ2) is 4.61. The lowest BCUT2D eigenvalue weighted by Crippen LogP contribution is -2.16. The lowest BCUT2D eigenvalue weighted by Gasteiger charge is -2.15. The smallest absolute Gasteiger partial charge is 0.206 e. The van der Waals surface area contributed by atoms with Gasteiger partial charge in [-0.25, -0.2) is 0 Å². The lowest BCUT2D eigenvalue weighted by atomic mass is 9.90. The normalized spacial score (nSPS) is 11.6. The molecule has 0 aliphatic carbocycles. The Morgan fingerprint density at radius 1 is 1.17 bits per heavy atom. The second-order valence-electron chi connectivity index (χ2n) is 5.40. The highest BCUT2D eigenvalue weighted by Crippen LogP contribution is 2.27. The molecule has 2 rings (SSSR count). The monoisotopic (exact) mass is 260 g/mol. The van der Waals surface area contributed by atoms with E-state index in [0.29, 0.717) is 10.4 Å². The van der Waals surface area contributed by atoms with Crippen LogP contribution in [0.15, 0.2) is 24.3 Å². The van der Waals surface area contributed by atoms with Gasteiger partial charge in [0.05, 0.1) is 5.69 Å². The Bertz CT molecular complexity index is 564. The molecule has 18 heavy (non-hydrogen) atoms. The van der Waals surface area contributed by atoms with Gasteiger partial charge in [-0.2, -0.15) is 0 Å². The van der Waals surface area contributed by atoms with E-state index in [4.69, 9.17) is 0 Å².